The zero-order valence-corrected chi connectivity index (χ0v) is 9.95. The highest BCUT2D eigenvalue weighted by atomic mass is 35.5. The maximum atomic E-state index is 12.7. The third kappa shape index (κ3) is 2.72. The van der Waals surface area contributed by atoms with Crippen molar-refractivity contribution in [2.24, 2.45) is 0 Å². The lowest BCUT2D eigenvalue weighted by Gasteiger charge is -2.11. The van der Waals surface area contributed by atoms with Crippen molar-refractivity contribution in [3.05, 3.63) is 57.8 Å². The number of hydrogen-bond acceptors (Lipinski definition) is 3. The number of benzene rings is 1. The SMILES string of the molecule is OC(c1ccc(F)cc1)c1cnc(Cl)nc1Cl. The number of aliphatic hydroxyl groups is 1. The fraction of sp³-hybridized carbons (Fsp3) is 0.0909. The Hall–Kier alpha value is -1.23. The van der Waals surface area contributed by atoms with Crippen molar-refractivity contribution in [1.82, 2.24) is 9.97 Å². The molecular weight excluding hydrogens is 266 g/mol. The second-order valence-electron chi connectivity index (χ2n) is 3.34. The molecule has 2 aromatic rings. The van der Waals surface area contributed by atoms with Crippen LogP contribution in [0.5, 0.6) is 0 Å². The summed E-state index contributed by atoms with van der Waals surface area (Å²) in [6.07, 6.45) is 0.325. The summed E-state index contributed by atoms with van der Waals surface area (Å²) >= 11 is 11.4. The molecule has 0 saturated carbocycles. The predicted octanol–water partition coefficient (Wildman–Crippen LogP) is 3.00. The molecule has 0 aliphatic carbocycles. The Morgan fingerprint density at radius 1 is 1.18 bits per heavy atom. The van der Waals surface area contributed by atoms with Gasteiger partial charge < -0.3 is 5.11 Å². The maximum Gasteiger partial charge on any atom is 0.223 e. The molecular formula is C11H7Cl2FN2O. The average Bonchev–Trinajstić information content (AvgIpc) is 2.29. The van der Waals surface area contributed by atoms with E-state index in [1.54, 1.807) is 0 Å². The van der Waals surface area contributed by atoms with Gasteiger partial charge in [0.2, 0.25) is 5.28 Å². The molecule has 1 atom stereocenters. The van der Waals surface area contributed by atoms with Crippen LogP contribution in [-0.4, -0.2) is 15.1 Å². The number of rotatable bonds is 2. The van der Waals surface area contributed by atoms with Gasteiger partial charge in [-0.05, 0) is 29.3 Å². The van der Waals surface area contributed by atoms with E-state index < -0.39 is 6.10 Å². The summed E-state index contributed by atoms with van der Waals surface area (Å²) in [5, 5.41) is 10.1. The highest BCUT2D eigenvalue weighted by molar-refractivity contribution is 6.32. The zero-order valence-electron chi connectivity index (χ0n) is 8.44. The average molecular weight is 273 g/mol. The molecule has 1 N–H and O–H groups in total. The van der Waals surface area contributed by atoms with Gasteiger partial charge in [-0.25, -0.2) is 14.4 Å². The molecule has 1 aromatic heterocycles. The van der Waals surface area contributed by atoms with E-state index in [1.807, 2.05) is 0 Å². The minimum absolute atomic E-state index is 0.00468. The monoisotopic (exact) mass is 272 g/mol. The van der Waals surface area contributed by atoms with E-state index in [4.69, 9.17) is 23.2 Å². The molecule has 1 heterocycles. The first-order chi connectivity index (χ1) is 8.08. The Morgan fingerprint density at radius 3 is 2.41 bits per heavy atom. The number of halogens is 3. The van der Waals surface area contributed by atoms with Gasteiger partial charge in [0.25, 0.3) is 0 Å². The first kappa shape index (κ1) is 12.2. The van der Waals surface area contributed by atoms with Crippen molar-refractivity contribution in [3.8, 4) is 0 Å². The first-order valence-corrected chi connectivity index (χ1v) is 5.45. The van der Waals surface area contributed by atoms with E-state index in [2.05, 4.69) is 9.97 Å². The molecule has 0 radical (unpaired) electrons. The molecule has 3 nitrogen and oxygen atoms in total. The number of hydrogen-bond donors (Lipinski definition) is 1. The topological polar surface area (TPSA) is 46.0 Å². The van der Waals surface area contributed by atoms with Crippen LogP contribution in [0.1, 0.15) is 17.2 Å². The van der Waals surface area contributed by atoms with Gasteiger partial charge in [-0.1, -0.05) is 23.7 Å². The van der Waals surface area contributed by atoms with E-state index in [0.29, 0.717) is 11.1 Å². The Bertz CT molecular complexity index is 533. The van der Waals surface area contributed by atoms with E-state index >= 15 is 0 Å². The van der Waals surface area contributed by atoms with Gasteiger partial charge in [-0.2, -0.15) is 0 Å². The van der Waals surface area contributed by atoms with Gasteiger partial charge in [-0.3, -0.25) is 0 Å². The van der Waals surface area contributed by atoms with Crippen LogP contribution in [0.4, 0.5) is 4.39 Å². The van der Waals surface area contributed by atoms with Crippen molar-refractivity contribution in [2.45, 2.75) is 6.10 Å². The van der Waals surface area contributed by atoms with Crippen molar-refractivity contribution < 1.29 is 9.50 Å². The first-order valence-electron chi connectivity index (χ1n) is 4.69. The third-order valence-electron chi connectivity index (χ3n) is 2.22. The lowest BCUT2D eigenvalue weighted by atomic mass is 10.0. The van der Waals surface area contributed by atoms with Crippen LogP contribution < -0.4 is 0 Å². The molecule has 0 spiro atoms. The summed E-state index contributed by atoms with van der Waals surface area (Å²) in [4.78, 5) is 7.46. The largest absolute Gasteiger partial charge is 0.383 e. The minimum Gasteiger partial charge on any atom is -0.383 e. The zero-order chi connectivity index (χ0) is 12.4. The summed E-state index contributed by atoms with van der Waals surface area (Å²) < 4.78 is 12.7. The van der Waals surface area contributed by atoms with Gasteiger partial charge in [0.05, 0.1) is 0 Å². The Morgan fingerprint density at radius 2 is 1.82 bits per heavy atom. The molecule has 0 fully saturated rings. The maximum absolute atomic E-state index is 12.7. The molecule has 88 valence electrons. The van der Waals surface area contributed by atoms with Gasteiger partial charge in [0.1, 0.15) is 17.1 Å². The Labute approximate surface area is 107 Å². The van der Waals surface area contributed by atoms with Crippen LogP contribution in [0.15, 0.2) is 30.5 Å². The van der Waals surface area contributed by atoms with Gasteiger partial charge in [0.15, 0.2) is 0 Å². The lowest BCUT2D eigenvalue weighted by molar-refractivity contribution is 0.219. The number of nitrogens with zero attached hydrogens (tertiary/aromatic N) is 2. The van der Waals surface area contributed by atoms with Crippen molar-refractivity contribution in [3.63, 3.8) is 0 Å². The highest BCUT2D eigenvalue weighted by Gasteiger charge is 2.15. The second-order valence-corrected chi connectivity index (χ2v) is 4.04. The summed E-state index contributed by atoms with van der Waals surface area (Å²) in [5.41, 5.74) is 0.821. The van der Waals surface area contributed by atoms with Crippen molar-refractivity contribution in [1.29, 1.82) is 0 Å². The second kappa shape index (κ2) is 4.96. The molecule has 0 aliphatic rings. The molecule has 0 amide bonds. The molecule has 17 heavy (non-hydrogen) atoms. The van der Waals surface area contributed by atoms with Crippen LogP contribution >= 0.6 is 23.2 Å². The molecule has 0 aliphatic heterocycles. The van der Waals surface area contributed by atoms with Crippen LogP contribution in [-0.2, 0) is 0 Å². The molecule has 1 aromatic carbocycles. The Balaban J connectivity index is 2.36. The predicted molar refractivity (Wildman–Crippen MR) is 62.5 cm³/mol. The lowest BCUT2D eigenvalue weighted by Crippen LogP contribution is -2.02. The summed E-state index contributed by atoms with van der Waals surface area (Å²) in [6, 6.07) is 5.43. The number of aliphatic hydroxyl groups excluding tert-OH is 1. The summed E-state index contributed by atoms with van der Waals surface area (Å²) in [5.74, 6) is -0.376. The Kier molecular flexibility index (Phi) is 3.57. The quantitative estimate of drug-likeness (QED) is 0.675. The van der Waals surface area contributed by atoms with Gasteiger partial charge in [-0.15, -0.1) is 0 Å². The van der Waals surface area contributed by atoms with Gasteiger partial charge >= 0.3 is 0 Å². The van der Waals surface area contributed by atoms with E-state index in [0.717, 1.165) is 0 Å². The van der Waals surface area contributed by atoms with E-state index in [9.17, 15) is 9.50 Å². The highest BCUT2D eigenvalue weighted by Crippen LogP contribution is 2.27. The van der Waals surface area contributed by atoms with Crippen molar-refractivity contribution in [2.75, 3.05) is 0 Å². The summed E-state index contributed by atoms with van der Waals surface area (Å²) in [7, 11) is 0. The van der Waals surface area contributed by atoms with Gasteiger partial charge in [0, 0.05) is 11.8 Å². The molecule has 0 saturated heterocycles. The standard InChI is InChI=1S/C11H7Cl2FN2O/c12-10-8(5-15-11(13)16-10)9(17)6-1-3-7(14)4-2-6/h1-5,9,17H. The summed E-state index contributed by atoms with van der Waals surface area (Å²) in [6.45, 7) is 0. The van der Waals surface area contributed by atoms with Crippen LogP contribution in [0.3, 0.4) is 0 Å². The normalized spacial score (nSPS) is 12.5. The molecule has 0 bridgehead atoms. The van der Waals surface area contributed by atoms with Crippen LogP contribution in [0, 0.1) is 5.82 Å². The van der Waals surface area contributed by atoms with E-state index in [-0.39, 0.29) is 16.3 Å². The fourth-order valence-electron chi connectivity index (χ4n) is 1.36. The molecule has 1 unspecified atom stereocenters. The minimum atomic E-state index is -1.01. The number of aromatic nitrogens is 2. The smallest absolute Gasteiger partial charge is 0.223 e. The van der Waals surface area contributed by atoms with Crippen LogP contribution in [0.2, 0.25) is 10.4 Å². The fourth-order valence-corrected chi connectivity index (χ4v) is 1.77. The molecule has 2 rings (SSSR count). The third-order valence-corrected chi connectivity index (χ3v) is 2.70. The molecule has 6 heteroatoms. The van der Waals surface area contributed by atoms with E-state index in [1.165, 1.54) is 30.5 Å². The van der Waals surface area contributed by atoms with Crippen LogP contribution in [0.25, 0.3) is 0 Å². The van der Waals surface area contributed by atoms with Crippen molar-refractivity contribution >= 4 is 23.2 Å².